The Morgan fingerprint density at radius 1 is 0.684 bits per heavy atom. The summed E-state index contributed by atoms with van der Waals surface area (Å²) in [6.07, 6.45) is 37.7. The molecule has 0 saturated carbocycles. The molecule has 1 atom stereocenters. The molecule has 1 aliphatic carbocycles. The molecule has 38 heavy (non-hydrogen) atoms. The third kappa shape index (κ3) is 18.9. The summed E-state index contributed by atoms with van der Waals surface area (Å²) in [6.45, 7) is 7.13. The molecule has 0 spiro atoms. The van der Waals surface area contributed by atoms with E-state index in [1.165, 1.54) is 128 Å². The molecule has 0 aliphatic heterocycles. The third-order valence-electron chi connectivity index (χ3n) is 7.98. The van der Waals surface area contributed by atoms with E-state index >= 15 is 0 Å². The first-order valence-corrected chi connectivity index (χ1v) is 16.7. The van der Waals surface area contributed by atoms with E-state index in [4.69, 9.17) is 0 Å². The summed E-state index contributed by atoms with van der Waals surface area (Å²) >= 11 is 0. The Morgan fingerprint density at radius 2 is 1.18 bits per heavy atom. The molecule has 2 rings (SSSR count). The van der Waals surface area contributed by atoms with Crippen LogP contribution in [0.3, 0.4) is 0 Å². The van der Waals surface area contributed by atoms with Crippen molar-refractivity contribution >= 4 is 14.7 Å². The smallest absolute Gasteiger partial charge is 1.00 e. The fraction of sp³-hybridized carbons (Fsp3) is 0.727. The van der Waals surface area contributed by atoms with Gasteiger partial charge in [-0.05, 0) is 11.5 Å². The molecule has 0 bridgehead atoms. The number of unbranched alkanes of at least 4 members (excludes halogenated alkanes) is 15. The molecule has 0 amide bonds. The van der Waals surface area contributed by atoms with E-state index in [0.717, 1.165) is 0 Å². The molecule has 5 heteroatoms. The van der Waals surface area contributed by atoms with E-state index in [9.17, 15) is 0 Å². The predicted molar refractivity (Wildman–Crippen MR) is 159 cm³/mol. The van der Waals surface area contributed by atoms with Gasteiger partial charge < -0.3 is 37.2 Å². The van der Waals surface area contributed by atoms with Crippen LogP contribution in [0.25, 0.3) is 0 Å². The number of aryl methyl sites for hydroxylation is 1. The molecule has 218 valence electrons. The van der Waals surface area contributed by atoms with Gasteiger partial charge in [-0.3, -0.25) is 0 Å². The summed E-state index contributed by atoms with van der Waals surface area (Å²) in [4.78, 5) is 0. The Labute approximate surface area is 273 Å². The van der Waals surface area contributed by atoms with Gasteiger partial charge in [0, 0.05) is 9.52 Å². The van der Waals surface area contributed by atoms with Crippen LogP contribution in [0, 0.1) is 0 Å². The van der Waals surface area contributed by atoms with Crippen LogP contribution >= 0.6 is 0 Å². The number of halogens is 3. The van der Waals surface area contributed by atoms with Crippen LogP contribution in [0.2, 0.25) is 5.04 Å². The fourth-order valence-electron chi connectivity index (χ4n) is 5.79. The van der Waals surface area contributed by atoms with Gasteiger partial charge >= 0.3 is 21.7 Å². The molecule has 1 aliphatic rings. The molecule has 0 fully saturated rings. The first-order valence-electron chi connectivity index (χ1n) is 15.3. The maximum atomic E-state index is 2.51. The van der Waals surface area contributed by atoms with Crippen molar-refractivity contribution in [3.8, 4) is 0 Å². The zero-order valence-electron chi connectivity index (χ0n) is 24.9. The number of hydrogen-bond acceptors (Lipinski definition) is 0. The van der Waals surface area contributed by atoms with Crippen molar-refractivity contribution in [3.05, 3.63) is 47.6 Å². The van der Waals surface area contributed by atoms with E-state index in [0.29, 0.717) is 5.04 Å². The fourth-order valence-corrected chi connectivity index (χ4v) is 8.07. The van der Waals surface area contributed by atoms with Crippen molar-refractivity contribution in [3.63, 3.8) is 0 Å². The minimum atomic E-state index is -0.284. The van der Waals surface area contributed by atoms with Gasteiger partial charge in [-0.15, -0.1) is 0 Å². The largest absolute Gasteiger partial charge is 4.00 e. The Bertz CT molecular complexity index is 700. The van der Waals surface area contributed by atoms with E-state index in [-0.39, 0.29) is 68.5 Å². The molecule has 1 aromatic rings. The molecular weight excluding hydrogens is 579 g/mol. The Morgan fingerprint density at radius 3 is 1.63 bits per heavy atom. The Balaban J connectivity index is -0.00000306. The monoisotopic (exact) mass is 634 g/mol. The Hall–Kier alpha value is 0.631. The van der Waals surface area contributed by atoms with Crippen molar-refractivity contribution in [1.82, 2.24) is 0 Å². The van der Waals surface area contributed by atoms with Crippen LogP contribution in [-0.2, 0) is 34.6 Å². The van der Waals surface area contributed by atoms with Gasteiger partial charge in [-0.2, -0.15) is 22.4 Å². The summed E-state index contributed by atoms with van der Waals surface area (Å²) in [7, 11) is -0.284. The average molecular weight is 636 g/mol. The molecule has 0 heterocycles. The first kappa shape index (κ1) is 43.1. The van der Waals surface area contributed by atoms with Crippen LogP contribution in [-0.4, -0.2) is 9.52 Å². The van der Waals surface area contributed by atoms with Gasteiger partial charge in [0.1, 0.15) is 0 Å². The topological polar surface area (TPSA) is 0 Å². The zero-order chi connectivity index (χ0) is 24.3. The molecule has 0 saturated heterocycles. The van der Waals surface area contributed by atoms with Crippen LogP contribution in [0.15, 0.2) is 36.4 Å². The van der Waals surface area contributed by atoms with Crippen LogP contribution in [0.4, 0.5) is 0 Å². The van der Waals surface area contributed by atoms with Crippen molar-refractivity contribution in [2.24, 2.45) is 0 Å². The Kier molecular flexibility index (Phi) is 31.5. The zero-order valence-corrected chi connectivity index (χ0v) is 30.2. The molecule has 0 nitrogen and oxygen atoms in total. The van der Waals surface area contributed by atoms with Gasteiger partial charge in [0.15, 0.2) is 0 Å². The number of rotatable bonds is 21. The first-order chi connectivity index (χ1) is 16.7. The van der Waals surface area contributed by atoms with Crippen molar-refractivity contribution in [1.29, 1.82) is 0 Å². The molecule has 0 aromatic heterocycles. The van der Waals surface area contributed by atoms with Gasteiger partial charge in [-0.25, -0.2) is 6.07 Å². The number of hydrogen-bond donors (Lipinski definition) is 0. The van der Waals surface area contributed by atoms with E-state index < -0.39 is 0 Å². The second-order valence-corrected chi connectivity index (χ2v) is 14.2. The minimum Gasteiger partial charge on any atom is -1.00 e. The average Bonchev–Trinajstić information content (AvgIpc) is 3.19. The second kappa shape index (κ2) is 27.8. The predicted octanol–water partition coefficient (Wildman–Crippen LogP) is 0.660. The summed E-state index contributed by atoms with van der Waals surface area (Å²) in [5.41, 5.74) is 3.44. The normalized spacial score (nSPS) is 16.1. The molecule has 1 unspecified atom stereocenters. The summed E-state index contributed by atoms with van der Waals surface area (Å²) in [5.74, 6) is 0. The standard InChI is InChI=1S/C33H57Si.3ClH.Ti/c1-4-6-7-8-9-10-11-12-13-14-15-16-17-18-19-21-25-31-30(24-5-2)26-27-32(31)34-33(3)28-22-20-23-29-33;;;;/h20,22-23,26-28H,4-19,21,24-25,29,34H2,1-3H3;3*1H;/q-1;;;;+4/p-3. The second-order valence-electron chi connectivity index (χ2n) is 11.5. The quantitative estimate of drug-likeness (QED) is 0.106. The summed E-state index contributed by atoms with van der Waals surface area (Å²) in [5, 5.41) is 2.21. The van der Waals surface area contributed by atoms with Crippen LogP contribution < -0.4 is 42.4 Å². The maximum Gasteiger partial charge on any atom is 4.00 e. The molecule has 0 N–H and O–H groups in total. The van der Waals surface area contributed by atoms with Gasteiger partial charge in [-0.1, -0.05) is 167 Å². The molecular formula is C33H57Cl3SiTi. The summed E-state index contributed by atoms with van der Waals surface area (Å²) in [6, 6.07) is 4.98. The third-order valence-corrected chi connectivity index (χ3v) is 10.4. The van der Waals surface area contributed by atoms with Gasteiger partial charge in [0.2, 0.25) is 0 Å². The van der Waals surface area contributed by atoms with E-state index in [1.807, 2.05) is 0 Å². The minimum absolute atomic E-state index is 0. The SMILES string of the molecule is CCCCCCCCCCCCCCCCCCc1c(CCC)cc[c-]1[SiH2]C1(C)C=CC=CC1.[Cl-].[Cl-].[Cl-].[Ti+4]. The molecule has 1 aromatic carbocycles. The maximum absolute atomic E-state index is 2.51. The van der Waals surface area contributed by atoms with Gasteiger partial charge in [0.25, 0.3) is 0 Å². The van der Waals surface area contributed by atoms with E-state index in [2.05, 4.69) is 57.2 Å². The number of allylic oxidation sites excluding steroid dienone is 4. The molecule has 0 radical (unpaired) electrons. The van der Waals surface area contributed by atoms with Crippen molar-refractivity contribution < 1.29 is 58.9 Å². The van der Waals surface area contributed by atoms with E-state index in [1.54, 1.807) is 16.3 Å². The van der Waals surface area contributed by atoms with Crippen LogP contribution in [0.5, 0.6) is 0 Å². The van der Waals surface area contributed by atoms with Crippen molar-refractivity contribution in [2.75, 3.05) is 0 Å². The summed E-state index contributed by atoms with van der Waals surface area (Å²) < 4.78 is 0. The van der Waals surface area contributed by atoms with Crippen molar-refractivity contribution in [2.45, 2.75) is 154 Å². The van der Waals surface area contributed by atoms with Gasteiger partial charge in [0.05, 0.1) is 0 Å². The van der Waals surface area contributed by atoms with Crippen LogP contribution in [0.1, 0.15) is 147 Å².